The summed E-state index contributed by atoms with van der Waals surface area (Å²) in [7, 11) is -4.03. The van der Waals surface area contributed by atoms with Gasteiger partial charge in [-0.05, 0) is 23.3 Å². The molecule has 0 aliphatic heterocycles. The average molecular weight is 263 g/mol. The lowest BCUT2D eigenvalue weighted by atomic mass is 10.1. The Labute approximate surface area is 105 Å². The monoisotopic (exact) mass is 263 g/mol. The molecule has 0 aromatic heterocycles. The van der Waals surface area contributed by atoms with Crippen LogP contribution in [0.3, 0.4) is 0 Å². The summed E-state index contributed by atoms with van der Waals surface area (Å²) in [5.74, 6) is 0. The molecular weight excluding hydrogens is 249 g/mol. The highest BCUT2D eigenvalue weighted by Crippen LogP contribution is 2.34. The van der Waals surface area contributed by atoms with Crippen molar-refractivity contribution in [2.75, 3.05) is 11.6 Å². The van der Waals surface area contributed by atoms with E-state index in [0.717, 1.165) is 11.1 Å². The fourth-order valence-corrected chi connectivity index (χ4v) is 2.02. The average Bonchev–Trinajstić information content (AvgIpc) is 2.37. The molecule has 0 radical (unpaired) electrons. The lowest BCUT2D eigenvalue weighted by molar-refractivity contribution is 0.375. The quantitative estimate of drug-likeness (QED) is 0.742. The van der Waals surface area contributed by atoms with Gasteiger partial charge in [-0.1, -0.05) is 42.5 Å². The normalized spacial score (nSPS) is 11.2. The minimum atomic E-state index is -4.03. The van der Waals surface area contributed by atoms with E-state index in [1.807, 2.05) is 48.5 Å². The maximum absolute atomic E-state index is 10.8. The molecular formula is C13H14NO3P. The topological polar surface area (TPSA) is 69.6 Å². The second-order valence-corrected chi connectivity index (χ2v) is 5.59. The number of nitrogens with one attached hydrogen (secondary N) is 1. The Kier molecular flexibility index (Phi) is 3.82. The van der Waals surface area contributed by atoms with Gasteiger partial charge in [-0.2, -0.15) is 0 Å². The third-order valence-electron chi connectivity index (χ3n) is 2.46. The number of benzene rings is 2. The summed E-state index contributed by atoms with van der Waals surface area (Å²) < 4.78 is 10.8. The number of rotatable bonds is 4. The lowest BCUT2D eigenvalue weighted by Gasteiger charge is -2.09. The molecule has 2 aromatic carbocycles. The fraction of sp³-hybridized carbons (Fsp3) is 0.0769. The van der Waals surface area contributed by atoms with Crippen molar-refractivity contribution in [1.82, 2.24) is 0 Å². The zero-order valence-electron chi connectivity index (χ0n) is 9.65. The molecule has 2 rings (SSSR count). The van der Waals surface area contributed by atoms with Crippen LogP contribution < -0.4 is 5.32 Å². The smallest absolute Gasteiger partial charge is 0.344 e. The van der Waals surface area contributed by atoms with Crippen LogP contribution in [0.25, 0.3) is 11.1 Å². The van der Waals surface area contributed by atoms with Crippen LogP contribution >= 0.6 is 7.60 Å². The predicted molar refractivity (Wildman–Crippen MR) is 72.4 cm³/mol. The van der Waals surface area contributed by atoms with Crippen molar-refractivity contribution >= 4 is 13.3 Å². The Hall–Kier alpha value is -1.61. The maximum Gasteiger partial charge on any atom is 0.344 e. The highest BCUT2D eigenvalue weighted by Gasteiger charge is 2.11. The van der Waals surface area contributed by atoms with E-state index >= 15 is 0 Å². The summed E-state index contributed by atoms with van der Waals surface area (Å²) in [6.07, 6.45) is -0.356. The molecule has 4 nitrogen and oxygen atoms in total. The second-order valence-electron chi connectivity index (χ2n) is 3.95. The number of anilines is 1. The van der Waals surface area contributed by atoms with Crippen molar-refractivity contribution in [3.63, 3.8) is 0 Å². The SMILES string of the molecule is O=P(O)(O)CNc1cccc(-c2ccccc2)c1. The Balaban J connectivity index is 2.18. The molecule has 94 valence electrons. The van der Waals surface area contributed by atoms with Crippen molar-refractivity contribution in [3.8, 4) is 11.1 Å². The Morgan fingerprint density at radius 1 is 0.944 bits per heavy atom. The number of hydrogen-bond donors (Lipinski definition) is 3. The van der Waals surface area contributed by atoms with E-state index in [4.69, 9.17) is 9.79 Å². The molecule has 0 aliphatic carbocycles. The first-order valence-electron chi connectivity index (χ1n) is 5.48. The van der Waals surface area contributed by atoms with Gasteiger partial charge in [0.25, 0.3) is 0 Å². The summed E-state index contributed by atoms with van der Waals surface area (Å²) in [5.41, 5.74) is 2.77. The van der Waals surface area contributed by atoms with E-state index < -0.39 is 7.60 Å². The van der Waals surface area contributed by atoms with E-state index in [1.54, 1.807) is 6.07 Å². The van der Waals surface area contributed by atoms with E-state index in [1.165, 1.54) is 0 Å². The van der Waals surface area contributed by atoms with Gasteiger partial charge >= 0.3 is 7.60 Å². The van der Waals surface area contributed by atoms with Gasteiger partial charge in [-0.25, -0.2) is 0 Å². The molecule has 0 saturated heterocycles. The minimum Gasteiger partial charge on any atom is -0.374 e. The highest BCUT2D eigenvalue weighted by molar-refractivity contribution is 7.51. The molecule has 0 amide bonds. The fourth-order valence-electron chi connectivity index (χ4n) is 1.63. The van der Waals surface area contributed by atoms with Crippen molar-refractivity contribution in [2.24, 2.45) is 0 Å². The van der Waals surface area contributed by atoms with E-state index in [-0.39, 0.29) is 6.29 Å². The Morgan fingerprint density at radius 3 is 2.28 bits per heavy atom. The first kappa shape index (κ1) is 12.8. The molecule has 0 unspecified atom stereocenters. The third kappa shape index (κ3) is 3.70. The van der Waals surface area contributed by atoms with Crippen LogP contribution in [0.1, 0.15) is 0 Å². The van der Waals surface area contributed by atoms with Gasteiger partial charge in [-0.3, -0.25) is 4.57 Å². The van der Waals surface area contributed by atoms with Crippen LogP contribution in [0.15, 0.2) is 54.6 Å². The standard InChI is InChI=1S/C13H14NO3P/c15-18(16,17)10-14-13-8-4-7-12(9-13)11-5-2-1-3-6-11/h1-9,14H,10H2,(H2,15,16,17). The van der Waals surface area contributed by atoms with Gasteiger partial charge in [0.15, 0.2) is 0 Å². The molecule has 0 aliphatic rings. The Bertz CT molecular complexity index is 565. The van der Waals surface area contributed by atoms with Gasteiger partial charge < -0.3 is 15.1 Å². The lowest BCUT2D eigenvalue weighted by Crippen LogP contribution is -2.01. The molecule has 0 heterocycles. The molecule has 5 heteroatoms. The molecule has 3 N–H and O–H groups in total. The van der Waals surface area contributed by atoms with E-state index in [0.29, 0.717) is 5.69 Å². The van der Waals surface area contributed by atoms with Crippen LogP contribution in [-0.4, -0.2) is 16.1 Å². The molecule has 0 spiro atoms. The van der Waals surface area contributed by atoms with Crippen LogP contribution in [-0.2, 0) is 4.57 Å². The summed E-state index contributed by atoms with van der Waals surface area (Å²) in [6, 6.07) is 17.3. The van der Waals surface area contributed by atoms with Crippen molar-refractivity contribution < 1.29 is 14.4 Å². The summed E-state index contributed by atoms with van der Waals surface area (Å²) in [6.45, 7) is 0. The third-order valence-corrected chi connectivity index (χ3v) is 3.03. The van der Waals surface area contributed by atoms with Crippen molar-refractivity contribution in [1.29, 1.82) is 0 Å². The highest BCUT2D eigenvalue weighted by atomic mass is 31.2. The van der Waals surface area contributed by atoms with Crippen LogP contribution in [0.2, 0.25) is 0 Å². The number of hydrogen-bond acceptors (Lipinski definition) is 2. The molecule has 18 heavy (non-hydrogen) atoms. The predicted octanol–water partition coefficient (Wildman–Crippen LogP) is 2.90. The van der Waals surface area contributed by atoms with Gasteiger partial charge in [0.05, 0.1) is 0 Å². The summed E-state index contributed by atoms with van der Waals surface area (Å²) in [5, 5.41) is 2.73. The van der Waals surface area contributed by atoms with Crippen LogP contribution in [0, 0.1) is 0 Å². The molecule has 0 saturated carbocycles. The second kappa shape index (κ2) is 5.36. The van der Waals surface area contributed by atoms with Crippen LogP contribution in [0.5, 0.6) is 0 Å². The largest absolute Gasteiger partial charge is 0.374 e. The minimum absolute atomic E-state index is 0.356. The zero-order valence-corrected chi connectivity index (χ0v) is 10.5. The molecule has 0 fully saturated rings. The zero-order chi connectivity index (χ0) is 13.0. The van der Waals surface area contributed by atoms with E-state index in [9.17, 15) is 4.57 Å². The van der Waals surface area contributed by atoms with Gasteiger partial charge in [0, 0.05) is 5.69 Å². The maximum atomic E-state index is 10.8. The van der Waals surface area contributed by atoms with Gasteiger partial charge in [0.2, 0.25) is 0 Å². The first-order chi connectivity index (χ1) is 8.54. The van der Waals surface area contributed by atoms with Gasteiger partial charge in [-0.15, -0.1) is 0 Å². The van der Waals surface area contributed by atoms with Crippen LogP contribution in [0.4, 0.5) is 5.69 Å². The van der Waals surface area contributed by atoms with E-state index in [2.05, 4.69) is 5.32 Å². The molecule has 0 bridgehead atoms. The molecule has 2 aromatic rings. The van der Waals surface area contributed by atoms with Crippen molar-refractivity contribution in [2.45, 2.75) is 0 Å². The summed E-state index contributed by atoms with van der Waals surface area (Å²) in [4.78, 5) is 17.6. The molecule has 0 atom stereocenters. The Morgan fingerprint density at radius 2 is 1.61 bits per heavy atom. The van der Waals surface area contributed by atoms with Gasteiger partial charge in [0.1, 0.15) is 6.29 Å². The summed E-state index contributed by atoms with van der Waals surface area (Å²) >= 11 is 0. The van der Waals surface area contributed by atoms with Crippen molar-refractivity contribution in [3.05, 3.63) is 54.6 Å². The first-order valence-corrected chi connectivity index (χ1v) is 7.28.